The third-order valence-electron chi connectivity index (χ3n) is 2.71. The van der Waals surface area contributed by atoms with E-state index >= 15 is 0 Å². The summed E-state index contributed by atoms with van der Waals surface area (Å²) in [4.78, 5) is 1.95. The maximum atomic E-state index is 7.34. The van der Waals surface area contributed by atoms with Crippen LogP contribution in [0.3, 0.4) is 0 Å². The van der Waals surface area contributed by atoms with Gasteiger partial charge in [-0.25, -0.2) is 0 Å². The van der Waals surface area contributed by atoms with Crippen molar-refractivity contribution >= 4 is 5.96 Å². The van der Waals surface area contributed by atoms with Crippen molar-refractivity contribution in [3.63, 3.8) is 0 Å². The summed E-state index contributed by atoms with van der Waals surface area (Å²) in [6.07, 6.45) is 1.15. The molecule has 4 N–H and O–H groups in total. The molecule has 1 atom stereocenters. The topological polar surface area (TPSA) is 65.1 Å². The van der Waals surface area contributed by atoms with Gasteiger partial charge in [-0.2, -0.15) is 0 Å². The number of nitrogens with zero attached hydrogens (tertiary/aromatic N) is 1. The first-order valence-electron chi connectivity index (χ1n) is 5.68. The first-order chi connectivity index (χ1) is 6.88. The Morgan fingerprint density at radius 1 is 1.53 bits per heavy atom. The summed E-state index contributed by atoms with van der Waals surface area (Å²) < 4.78 is 0. The van der Waals surface area contributed by atoms with Crippen LogP contribution < -0.4 is 11.1 Å². The molecule has 15 heavy (non-hydrogen) atoms. The van der Waals surface area contributed by atoms with Gasteiger partial charge in [0, 0.05) is 19.6 Å². The van der Waals surface area contributed by atoms with Crippen LogP contribution in [0.15, 0.2) is 0 Å². The quantitative estimate of drug-likeness (QED) is 0.480. The molecule has 1 rings (SSSR count). The molecule has 0 aromatic heterocycles. The SMILES string of the molecule is CC(C)(C)CNC[C@H]1CCN(C(=N)N)C1. The van der Waals surface area contributed by atoms with Gasteiger partial charge in [0.1, 0.15) is 0 Å². The molecule has 1 aliphatic heterocycles. The number of hydrogen-bond donors (Lipinski definition) is 3. The minimum atomic E-state index is 0.216. The zero-order valence-corrected chi connectivity index (χ0v) is 10.1. The van der Waals surface area contributed by atoms with Crippen LogP contribution in [0.25, 0.3) is 0 Å². The monoisotopic (exact) mass is 212 g/mol. The van der Waals surface area contributed by atoms with Gasteiger partial charge in [-0.15, -0.1) is 0 Å². The summed E-state index contributed by atoms with van der Waals surface area (Å²) in [5.41, 5.74) is 5.79. The first kappa shape index (κ1) is 12.3. The Labute approximate surface area is 92.7 Å². The molecule has 1 saturated heterocycles. The van der Waals surface area contributed by atoms with Gasteiger partial charge >= 0.3 is 0 Å². The zero-order valence-electron chi connectivity index (χ0n) is 10.1. The van der Waals surface area contributed by atoms with Gasteiger partial charge < -0.3 is 16.0 Å². The molecule has 4 nitrogen and oxygen atoms in total. The third-order valence-corrected chi connectivity index (χ3v) is 2.71. The van der Waals surface area contributed by atoms with E-state index in [1.165, 1.54) is 0 Å². The van der Waals surface area contributed by atoms with E-state index in [0.29, 0.717) is 11.3 Å². The van der Waals surface area contributed by atoms with Gasteiger partial charge in [-0.1, -0.05) is 20.8 Å². The average molecular weight is 212 g/mol. The fourth-order valence-electron chi connectivity index (χ4n) is 1.87. The van der Waals surface area contributed by atoms with E-state index in [0.717, 1.165) is 32.6 Å². The smallest absolute Gasteiger partial charge is 0.188 e. The summed E-state index contributed by atoms with van der Waals surface area (Å²) in [7, 11) is 0. The molecule has 1 aliphatic rings. The maximum absolute atomic E-state index is 7.34. The fraction of sp³-hybridized carbons (Fsp3) is 0.909. The normalized spacial score (nSPS) is 22.1. The van der Waals surface area contributed by atoms with E-state index in [4.69, 9.17) is 11.1 Å². The van der Waals surface area contributed by atoms with Gasteiger partial charge in [0.2, 0.25) is 0 Å². The van der Waals surface area contributed by atoms with Gasteiger partial charge in [0.15, 0.2) is 5.96 Å². The van der Waals surface area contributed by atoms with Crippen LogP contribution >= 0.6 is 0 Å². The molecule has 0 bridgehead atoms. The summed E-state index contributed by atoms with van der Waals surface area (Å²) in [5.74, 6) is 0.865. The Bertz CT molecular complexity index is 219. The highest BCUT2D eigenvalue weighted by Gasteiger charge is 2.23. The lowest BCUT2D eigenvalue weighted by Crippen LogP contribution is -2.36. The summed E-state index contributed by atoms with van der Waals surface area (Å²) in [6.45, 7) is 10.7. The average Bonchev–Trinajstić information content (AvgIpc) is 2.50. The number of rotatable bonds is 3. The molecule has 0 aromatic carbocycles. The number of nitrogens with two attached hydrogens (primary N) is 1. The summed E-state index contributed by atoms with van der Waals surface area (Å²) in [6, 6.07) is 0. The van der Waals surface area contributed by atoms with Crippen LogP contribution in [-0.2, 0) is 0 Å². The first-order valence-corrected chi connectivity index (χ1v) is 5.68. The van der Waals surface area contributed by atoms with Crippen LogP contribution in [0, 0.1) is 16.7 Å². The number of guanidine groups is 1. The largest absolute Gasteiger partial charge is 0.370 e. The Balaban J connectivity index is 2.17. The highest BCUT2D eigenvalue weighted by Crippen LogP contribution is 2.15. The van der Waals surface area contributed by atoms with Crippen molar-refractivity contribution in [1.82, 2.24) is 10.2 Å². The van der Waals surface area contributed by atoms with E-state index in [1.807, 2.05) is 4.90 Å². The minimum absolute atomic E-state index is 0.216. The molecule has 88 valence electrons. The number of likely N-dealkylation sites (tertiary alicyclic amines) is 1. The van der Waals surface area contributed by atoms with Crippen LogP contribution in [0.5, 0.6) is 0 Å². The van der Waals surface area contributed by atoms with E-state index in [9.17, 15) is 0 Å². The predicted octanol–water partition coefficient (Wildman–Crippen LogP) is 0.837. The Kier molecular flexibility index (Phi) is 3.97. The second-order valence-corrected chi connectivity index (χ2v) is 5.68. The second-order valence-electron chi connectivity index (χ2n) is 5.68. The Hall–Kier alpha value is -0.770. The van der Waals surface area contributed by atoms with Crippen molar-refractivity contribution in [3.05, 3.63) is 0 Å². The second kappa shape index (κ2) is 4.84. The minimum Gasteiger partial charge on any atom is -0.370 e. The van der Waals surface area contributed by atoms with Crippen LogP contribution in [-0.4, -0.2) is 37.0 Å². The van der Waals surface area contributed by atoms with E-state index in [2.05, 4.69) is 26.1 Å². The molecular weight excluding hydrogens is 188 g/mol. The highest BCUT2D eigenvalue weighted by atomic mass is 15.2. The van der Waals surface area contributed by atoms with Crippen LogP contribution in [0.1, 0.15) is 27.2 Å². The van der Waals surface area contributed by atoms with Crippen LogP contribution in [0.4, 0.5) is 0 Å². The number of hydrogen-bond acceptors (Lipinski definition) is 2. The van der Waals surface area contributed by atoms with Gasteiger partial charge in [-0.3, -0.25) is 5.41 Å². The number of nitrogens with one attached hydrogen (secondary N) is 2. The van der Waals surface area contributed by atoms with Crippen molar-refractivity contribution in [2.45, 2.75) is 27.2 Å². The van der Waals surface area contributed by atoms with Crippen molar-refractivity contribution < 1.29 is 0 Å². The molecule has 0 unspecified atom stereocenters. The molecule has 0 saturated carbocycles. The molecule has 0 aromatic rings. The zero-order chi connectivity index (χ0) is 11.5. The van der Waals surface area contributed by atoms with E-state index < -0.39 is 0 Å². The van der Waals surface area contributed by atoms with Gasteiger partial charge in [0.05, 0.1) is 0 Å². The molecule has 0 amide bonds. The summed E-state index contributed by atoms with van der Waals surface area (Å²) >= 11 is 0. The third kappa shape index (κ3) is 4.51. The van der Waals surface area contributed by atoms with Gasteiger partial charge in [-0.05, 0) is 24.3 Å². The predicted molar refractivity (Wildman–Crippen MR) is 63.9 cm³/mol. The molecule has 1 fully saturated rings. The molecule has 0 radical (unpaired) electrons. The fourth-order valence-corrected chi connectivity index (χ4v) is 1.87. The Morgan fingerprint density at radius 3 is 2.67 bits per heavy atom. The lowest BCUT2D eigenvalue weighted by molar-refractivity contribution is 0.358. The van der Waals surface area contributed by atoms with Crippen molar-refractivity contribution in [2.24, 2.45) is 17.1 Å². The lowest BCUT2D eigenvalue weighted by atomic mass is 9.96. The molecular formula is C11H24N4. The van der Waals surface area contributed by atoms with Crippen molar-refractivity contribution in [2.75, 3.05) is 26.2 Å². The lowest BCUT2D eigenvalue weighted by Gasteiger charge is -2.21. The molecule has 4 heteroatoms. The van der Waals surface area contributed by atoms with E-state index in [-0.39, 0.29) is 5.96 Å². The standard InChI is InChI=1S/C11H24N4/c1-11(2,3)8-14-6-9-4-5-15(7-9)10(12)13/h9,14H,4-8H2,1-3H3,(H3,12,13)/t9-/m1/s1. The molecule has 1 heterocycles. The summed E-state index contributed by atoms with van der Waals surface area (Å²) in [5, 5.41) is 10.8. The molecule has 0 spiro atoms. The van der Waals surface area contributed by atoms with E-state index in [1.54, 1.807) is 0 Å². The highest BCUT2D eigenvalue weighted by molar-refractivity contribution is 5.74. The molecule has 0 aliphatic carbocycles. The maximum Gasteiger partial charge on any atom is 0.188 e. The van der Waals surface area contributed by atoms with Crippen molar-refractivity contribution in [1.29, 1.82) is 5.41 Å². The Morgan fingerprint density at radius 2 is 2.20 bits per heavy atom. The van der Waals surface area contributed by atoms with Crippen LogP contribution in [0.2, 0.25) is 0 Å². The van der Waals surface area contributed by atoms with Crippen molar-refractivity contribution in [3.8, 4) is 0 Å². The van der Waals surface area contributed by atoms with Gasteiger partial charge in [0.25, 0.3) is 0 Å².